The lowest BCUT2D eigenvalue weighted by Gasteiger charge is -1.95. The minimum Gasteiger partial charge on any atom is -0.466 e. The van der Waals surface area contributed by atoms with Crippen molar-refractivity contribution in [3.05, 3.63) is 22.1 Å². The smallest absolute Gasteiger partial charge is 0.191 e. The molecular formula is C10H11ClN2O2. The predicted octanol–water partition coefficient (Wildman–Crippen LogP) is 3.10. The van der Waals surface area contributed by atoms with Crippen LogP contribution in [0.15, 0.2) is 8.94 Å². The van der Waals surface area contributed by atoms with Crippen LogP contribution in [0, 0.1) is 20.8 Å². The van der Waals surface area contributed by atoms with Gasteiger partial charge in [0.2, 0.25) is 0 Å². The highest BCUT2D eigenvalue weighted by Gasteiger charge is 2.21. The van der Waals surface area contributed by atoms with Crippen molar-refractivity contribution in [1.82, 2.24) is 5.16 Å². The Labute approximate surface area is 92.0 Å². The first-order valence-corrected chi connectivity index (χ1v) is 4.87. The van der Waals surface area contributed by atoms with Gasteiger partial charge in [0.25, 0.3) is 0 Å². The van der Waals surface area contributed by atoms with Crippen LogP contribution in [0.3, 0.4) is 0 Å². The van der Waals surface area contributed by atoms with Gasteiger partial charge in [-0.15, -0.1) is 0 Å². The van der Waals surface area contributed by atoms with Crippen molar-refractivity contribution in [2.45, 2.75) is 20.8 Å². The van der Waals surface area contributed by atoms with E-state index in [0.717, 1.165) is 22.6 Å². The highest BCUT2D eigenvalue weighted by molar-refractivity contribution is 6.35. The number of anilines is 1. The van der Waals surface area contributed by atoms with E-state index in [0.29, 0.717) is 10.8 Å². The van der Waals surface area contributed by atoms with Crippen LogP contribution in [0.4, 0.5) is 5.82 Å². The van der Waals surface area contributed by atoms with Crippen LogP contribution in [0.2, 0.25) is 5.02 Å². The molecule has 0 aliphatic rings. The Hall–Kier alpha value is -1.42. The third kappa shape index (κ3) is 1.41. The predicted molar refractivity (Wildman–Crippen MR) is 57.8 cm³/mol. The molecule has 0 aliphatic carbocycles. The van der Waals surface area contributed by atoms with Crippen molar-refractivity contribution in [2.24, 2.45) is 0 Å². The zero-order chi connectivity index (χ0) is 11.2. The molecule has 0 saturated carbocycles. The Bertz CT molecular complexity index is 514. The van der Waals surface area contributed by atoms with Crippen molar-refractivity contribution in [2.75, 3.05) is 5.73 Å². The van der Waals surface area contributed by atoms with Crippen LogP contribution < -0.4 is 5.73 Å². The van der Waals surface area contributed by atoms with Gasteiger partial charge in [0.05, 0.1) is 5.56 Å². The number of halogens is 1. The normalized spacial score (nSPS) is 10.9. The number of rotatable bonds is 1. The van der Waals surface area contributed by atoms with Crippen LogP contribution in [0.1, 0.15) is 17.1 Å². The molecule has 2 rings (SSSR count). The van der Waals surface area contributed by atoms with Crippen molar-refractivity contribution in [1.29, 1.82) is 0 Å². The van der Waals surface area contributed by atoms with E-state index in [9.17, 15) is 0 Å². The fourth-order valence-electron chi connectivity index (χ4n) is 1.57. The minimum atomic E-state index is 0.198. The van der Waals surface area contributed by atoms with Gasteiger partial charge in [0.1, 0.15) is 16.5 Å². The van der Waals surface area contributed by atoms with Gasteiger partial charge in [0, 0.05) is 5.56 Å². The molecule has 2 N–H and O–H groups in total. The molecule has 0 spiro atoms. The summed E-state index contributed by atoms with van der Waals surface area (Å²) >= 11 is 5.97. The molecule has 0 amide bonds. The van der Waals surface area contributed by atoms with Crippen LogP contribution in [0.5, 0.6) is 0 Å². The lowest BCUT2D eigenvalue weighted by molar-refractivity contribution is 0.434. The number of nitrogens with two attached hydrogens (primary N) is 1. The van der Waals surface area contributed by atoms with Gasteiger partial charge in [0.15, 0.2) is 11.6 Å². The number of aromatic nitrogens is 1. The lowest BCUT2D eigenvalue weighted by atomic mass is 10.1. The molecule has 0 aromatic carbocycles. The summed E-state index contributed by atoms with van der Waals surface area (Å²) in [6.07, 6.45) is 0. The average molecular weight is 227 g/mol. The lowest BCUT2D eigenvalue weighted by Crippen LogP contribution is -1.84. The zero-order valence-corrected chi connectivity index (χ0v) is 9.47. The molecule has 0 unspecified atom stereocenters. The molecule has 2 aromatic rings. The topological polar surface area (TPSA) is 65.2 Å². The summed E-state index contributed by atoms with van der Waals surface area (Å²) in [6.45, 7) is 5.68. The quantitative estimate of drug-likeness (QED) is 0.812. The molecule has 0 fully saturated rings. The second-order valence-corrected chi connectivity index (χ2v) is 3.80. The fraction of sp³-hybridized carbons (Fsp3) is 0.300. The number of nitrogen functional groups attached to an aromatic ring is 1. The number of nitrogens with zero attached hydrogens (tertiary/aromatic N) is 1. The van der Waals surface area contributed by atoms with Crippen LogP contribution >= 0.6 is 11.6 Å². The standard InChI is InChI=1S/C10H11ClN2O2/c1-4-5(2)14-6(3)7(4)9-8(11)10(12)13-15-9/h1-3H3,(H2,12,13). The Morgan fingerprint density at radius 2 is 1.87 bits per heavy atom. The highest BCUT2D eigenvalue weighted by Crippen LogP contribution is 2.38. The van der Waals surface area contributed by atoms with Crippen molar-refractivity contribution in [3.8, 4) is 11.3 Å². The molecule has 5 heteroatoms. The van der Waals surface area contributed by atoms with Gasteiger partial charge in [-0.05, 0) is 20.8 Å². The van der Waals surface area contributed by atoms with E-state index in [-0.39, 0.29) is 5.82 Å². The molecule has 2 aromatic heterocycles. The first kappa shape index (κ1) is 10.1. The van der Waals surface area contributed by atoms with E-state index in [1.807, 2.05) is 20.8 Å². The molecule has 0 saturated heterocycles. The summed E-state index contributed by atoms with van der Waals surface area (Å²) in [6, 6.07) is 0. The molecule has 80 valence electrons. The monoisotopic (exact) mass is 226 g/mol. The van der Waals surface area contributed by atoms with Crippen molar-refractivity contribution >= 4 is 17.4 Å². The van der Waals surface area contributed by atoms with Gasteiger partial charge in [-0.3, -0.25) is 0 Å². The van der Waals surface area contributed by atoms with Gasteiger partial charge < -0.3 is 14.7 Å². The second-order valence-electron chi connectivity index (χ2n) is 3.43. The van der Waals surface area contributed by atoms with Crippen LogP contribution in [-0.2, 0) is 0 Å². The molecule has 0 bridgehead atoms. The van der Waals surface area contributed by atoms with E-state index < -0.39 is 0 Å². The van der Waals surface area contributed by atoms with E-state index >= 15 is 0 Å². The van der Waals surface area contributed by atoms with Gasteiger partial charge >= 0.3 is 0 Å². The first-order valence-electron chi connectivity index (χ1n) is 4.50. The van der Waals surface area contributed by atoms with Crippen LogP contribution in [-0.4, -0.2) is 5.16 Å². The number of aryl methyl sites for hydroxylation is 2. The Morgan fingerprint density at radius 1 is 1.20 bits per heavy atom. The summed E-state index contributed by atoms with van der Waals surface area (Å²) in [7, 11) is 0. The van der Waals surface area contributed by atoms with E-state index in [1.165, 1.54) is 0 Å². The average Bonchev–Trinajstić information content (AvgIpc) is 2.60. The Morgan fingerprint density at radius 3 is 2.27 bits per heavy atom. The summed E-state index contributed by atoms with van der Waals surface area (Å²) in [4.78, 5) is 0. The fourth-order valence-corrected chi connectivity index (χ4v) is 1.74. The third-order valence-electron chi connectivity index (χ3n) is 2.45. The summed E-state index contributed by atoms with van der Waals surface area (Å²) in [5.41, 5.74) is 7.34. The largest absolute Gasteiger partial charge is 0.466 e. The van der Waals surface area contributed by atoms with Crippen molar-refractivity contribution in [3.63, 3.8) is 0 Å². The molecular weight excluding hydrogens is 216 g/mol. The second kappa shape index (κ2) is 3.31. The molecule has 0 radical (unpaired) electrons. The van der Waals surface area contributed by atoms with Gasteiger partial charge in [-0.2, -0.15) is 0 Å². The number of furan rings is 1. The summed E-state index contributed by atoms with van der Waals surface area (Å²) < 4.78 is 10.6. The zero-order valence-electron chi connectivity index (χ0n) is 8.72. The van der Waals surface area contributed by atoms with Crippen molar-refractivity contribution < 1.29 is 8.94 Å². The third-order valence-corrected chi connectivity index (χ3v) is 2.81. The number of hydrogen-bond donors (Lipinski definition) is 1. The first-order chi connectivity index (χ1) is 7.02. The maximum absolute atomic E-state index is 5.97. The molecule has 0 atom stereocenters. The molecule has 0 aliphatic heterocycles. The summed E-state index contributed by atoms with van der Waals surface area (Å²) in [5, 5.41) is 3.95. The van der Waals surface area contributed by atoms with Crippen LogP contribution in [0.25, 0.3) is 11.3 Å². The Balaban J connectivity index is 2.68. The number of hydrogen-bond acceptors (Lipinski definition) is 4. The van der Waals surface area contributed by atoms with Gasteiger partial charge in [-0.1, -0.05) is 16.8 Å². The maximum atomic E-state index is 5.97. The summed E-state index contributed by atoms with van der Waals surface area (Å²) in [5.74, 6) is 2.27. The SMILES string of the molecule is Cc1oc(C)c(-c2onc(N)c2Cl)c1C. The highest BCUT2D eigenvalue weighted by atomic mass is 35.5. The van der Waals surface area contributed by atoms with E-state index in [4.69, 9.17) is 26.3 Å². The minimum absolute atomic E-state index is 0.198. The maximum Gasteiger partial charge on any atom is 0.191 e. The molecule has 2 heterocycles. The van der Waals surface area contributed by atoms with E-state index in [1.54, 1.807) is 0 Å². The van der Waals surface area contributed by atoms with E-state index in [2.05, 4.69) is 5.16 Å². The molecule has 15 heavy (non-hydrogen) atoms. The Kier molecular flexibility index (Phi) is 2.23. The van der Waals surface area contributed by atoms with Gasteiger partial charge in [-0.25, -0.2) is 0 Å². The molecule has 4 nitrogen and oxygen atoms in total.